The molecule has 1 aliphatic heterocycles. The number of urea groups is 1. The smallest absolute Gasteiger partial charge is 0.314 e. The van der Waals surface area contributed by atoms with E-state index in [2.05, 4.69) is 41.2 Å². The van der Waals surface area contributed by atoms with Gasteiger partial charge in [-0.25, -0.2) is 19.4 Å². The van der Waals surface area contributed by atoms with Gasteiger partial charge >= 0.3 is 6.03 Å². The molecule has 0 spiro atoms. The van der Waals surface area contributed by atoms with Crippen LogP contribution in [-0.2, 0) is 5.54 Å². The Morgan fingerprint density at radius 3 is 2.87 bits per heavy atom. The molecule has 1 aliphatic rings. The van der Waals surface area contributed by atoms with Crippen molar-refractivity contribution in [3.8, 4) is 0 Å². The van der Waals surface area contributed by atoms with Crippen molar-refractivity contribution in [3.63, 3.8) is 0 Å². The Balaban J connectivity index is 1.86. The van der Waals surface area contributed by atoms with Crippen molar-refractivity contribution < 1.29 is 4.79 Å². The highest BCUT2D eigenvalue weighted by atomic mass is 16.2. The first kappa shape index (κ1) is 15.5. The second-order valence-electron chi connectivity index (χ2n) is 6.95. The molecule has 2 aromatic heterocycles. The van der Waals surface area contributed by atoms with Gasteiger partial charge in [-0.15, -0.1) is 0 Å². The number of nitrogens with zero attached hydrogens (tertiary/aromatic N) is 5. The van der Waals surface area contributed by atoms with E-state index in [4.69, 9.17) is 5.73 Å². The van der Waals surface area contributed by atoms with E-state index in [1.54, 1.807) is 17.4 Å². The Hall–Kier alpha value is -2.38. The lowest BCUT2D eigenvalue weighted by Crippen LogP contribution is -2.47. The summed E-state index contributed by atoms with van der Waals surface area (Å²) in [6, 6.07) is -0.239. The molecule has 1 atom stereocenters. The van der Waals surface area contributed by atoms with Crippen molar-refractivity contribution in [3.05, 3.63) is 12.5 Å². The van der Waals surface area contributed by atoms with E-state index < -0.39 is 0 Å². The standard InChI is InChI=1S/C15H23N7O/c1-15(2,3)22-13-11(7-19-22)12(17-9-18-13)20-10-5-4-6-21(8-10)14(16)23/h7,9-10H,4-6,8H2,1-3H3,(H2,16,23)(H,17,18,20)/t10-/m0/s1. The highest BCUT2D eigenvalue weighted by Crippen LogP contribution is 2.25. The zero-order chi connectivity index (χ0) is 16.6. The van der Waals surface area contributed by atoms with Gasteiger partial charge in [-0.1, -0.05) is 0 Å². The van der Waals surface area contributed by atoms with E-state index in [1.807, 2.05) is 4.68 Å². The summed E-state index contributed by atoms with van der Waals surface area (Å²) in [5.41, 5.74) is 6.04. The van der Waals surface area contributed by atoms with Gasteiger partial charge in [-0.3, -0.25) is 0 Å². The van der Waals surface area contributed by atoms with Gasteiger partial charge in [0.2, 0.25) is 0 Å². The molecule has 8 heteroatoms. The molecule has 2 aromatic rings. The molecule has 8 nitrogen and oxygen atoms in total. The Labute approximate surface area is 135 Å². The van der Waals surface area contributed by atoms with Crippen LogP contribution in [0.1, 0.15) is 33.6 Å². The normalized spacial score (nSPS) is 19.1. The maximum absolute atomic E-state index is 11.4. The molecule has 0 radical (unpaired) electrons. The summed E-state index contributed by atoms with van der Waals surface area (Å²) in [6.07, 6.45) is 5.24. The number of hydrogen-bond acceptors (Lipinski definition) is 5. The molecule has 2 amide bonds. The van der Waals surface area contributed by atoms with Crippen LogP contribution in [0.5, 0.6) is 0 Å². The maximum Gasteiger partial charge on any atom is 0.314 e. The second-order valence-corrected chi connectivity index (χ2v) is 6.95. The maximum atomic E-state index is 11.4. The molecule has 0 aromatic carbocycles. The largest absolute Gasteiger partial charge is 0.365 e. The third-order valence-electron chi connectivity index (χ3n) is 4.08. The summed E-state index contributed by atoms with van der Waals surface area (Å²) >= 11 is 0. The van der Waals surface area contributed by atoms with E-state index in [9.17, 15) is 4.79 Å². The monoisotopic (exact) mass is 317 g/mol. The molecule has 23 heavy (non-hydrogen) atoms. The summed E-state index contributed by atoms with van der Waals surface area (Å²) in [5.74, 6) is 0.752. The minimum atomic E-state index is -0.370. The minimum absolute atomic E-state index is 0.132. The number of primary amides is 1. The van der Waals surface area contributed by atoms with Gasteiger partial charge < -0.3 is 16.0 Å². The Morgan fingerprint density at radius 1 is 1.39 bits per heavy atom. The number of anilines is 1. The number of carbonyl (C=O) groups excluding carboxylic acids is 1. The van der Waals surface area contributed by atoms with E-state index in [0.29, 0.717) is 13.1 Å². The lowest BCUT2D eigenvalue weighted by atomic mass is 10.1. The van der Waals surface area contributed by atoms with Crippen molar-refractivity contribution in [2.75, 3.05) is 18.4 Å². The molecule has 3 heterocycles. The van der Waals surface area contributed by atoms with Crippen LogP contribution in [0.25, 0.3) is 11.0 Å². The zero-order valence-corrected chi connectivity index (χ0v) is 13.8. The van der Waals surface area contributed by atoms with Gasteiger partial charge in [0, 0.05) is 19.1 Å². The van der Waals surface area contributed by atoms with Gasteiger partial charge in [0.15, 0.2) is 5.65 Å². The third kappa shape index (κ3) is 3.06. The lowest BCUT2D eigenvalue weighted by Gasteiger charge is -2.32. The number of rotatable bonds is 2. The van der Waals surface area contributed by atoms with Gasteiger partial charge in [0.25, 0.3) is 0 Å². The molecule has 0 saturated carbocycles. The predicted octanol–water partition coefficient (Wildman–Crippen LogP) is 1.54. The number of piperidine rings is 1. The average molecular weight is 317 g/mol. The zero-order valence-electron chi connectivity index (χ0n) is 13.8. The number of amides is 2. The average Bonchev–Trinajstić information content (AvgIpc) is 2.92. The van der Waals surface area contributed by atoms with Gasteiger partial charge in [-0.2, -0.15) is 5.10 Å². The first-order valence-corrected chi connectivity index (χ1v) is 7.86. The molecule has 124 valence electrons. The topological polar surface area (TPSA) is 102 Å². The van der Waals surface area contributed by atoms with Crippen molar-refractivity contribution in [2.24, 2.45) is 5.73 Å². The van der Waals surface area contributed by atoms with Crippen LogP contribution in [-0.4, -0.2) is 49.8 Å². The molecule has 0 bridgehead atoms. The number of hydrogen-bond donors (Lipinski definition) is 2. The number of likely N-dealkylation sites (tertiary alicyclic amines) is 1. The minimum Gasteiger partial charge on any atom is -0.365 e. The second kappa shape index (κ2) is 5.68. The molecule has 3 rings (SSSR count). The van der Waals surface area contributed by atoms with Crippen LogP contribution in [0.15, 0.2) is 12.5 Å². The summed E-state index contributed by atoms with van der Waals surface area (Å²) in [4.78, 5) is 21.8. The number of nitrogens with two attached hydrogens (primary N) is 1. The molecule has 1 fully saturated rings. The third-order valence-corrected chi connectivity index (χ3v) is 4.08. The van der Waals surface area contributed by atoms with Crippen LogP contribution >= 0.6 is 0 Å². The van der Waals surface area contributed by atoms with Gasteiger partial charge in [0.1, 0.15) is 12.1 Å². The van der Waals surface area contributed by atoms with Crippen LogP contribution in [0, 0.1) is 0 Å². The van der Waals surface area contributed by atoms with Crippen LogP contribution < -0.4 is 11.1 Å². The van der Waals surface area contributed by atoms with Crippen molar-refractivity contribution in [1.29, 1.82) is 0 Å². The molecule has 0 unspecified atom stereocenters. The van der Waals surface area contributed by atoms with E-state index >= 15 is 0 Å². The summed E-state index contributed by atoms with van der Waals surface area (Å²) in [7, 11) is 0. The van der Waals surface area contributed by atoms with E-state index in [0.717, 1.165) is 29.7 Å². The van der Waals surface area contributed by atoms with Gasteiger partial charge in [0.05, 0.1) is 17.1 Å². The van der Waals surface area contributed by atoms with Gasteiger partial charge in [-0.05, 0) is 33.6 Å². The lowest BCUT2D eigenvalue weighted by molar-refractivity contribution is 0.192. The summed E-state index contributed by atoms with van der Waals surface area (Å²) in [6.45, 7) is 7.56. The van der Waals surface area contributed by atoms with Crippen LogP contribution in [0.2, 0.25) is 0 Å². The molecule has 1 saturated heterocycles. The first-order chi connectivity index (χ1) is 10.9. The SMILES string of the molecule is CC(C)(C)n1ncc2c(N[C@H]3CCCN(C(N)=O)C3)ncnc21. The summed E-state index contributed by atoms with van der Waals surface area (Å²) in [5, 5.41) is 8.76. The molecule has 0 aliphatic carbocycles. The highest BCUT2D eigenvalue weighted by Gasteiger charge is 2.24. The fraction of sp³-hybridized carbons (Fsp3) is 0.600. The van der Waals surface area contributed by atoms with Crippen molar-refractivity contribution in [2.45, 2.75) is 45.2 Å². The highest BCUT2D eigenvalue weighted by molar-refractivity contribution is 5.86. The number of aromatic nitrogens is 4. The molecule has 3 N–H and O–H groups in total. The van der Waals surface area contributed by atoms with Crippen LogP contribution in [0.3, 0.4) is 0 Å². The predicted molar refractivity (Wildman–Crippen MR) is 88.1 cm³/mol. The molecular formula is C15H23N7O. The fourth-order valence-electron chi connectivity index (χ4n) is 2.94. The number of nitrogens with one attached hydrogen (secondary N) is 1. The Kier molecular flexibility index (Phi) is 3.83. The number of fused-ring (bicyclic) bond motifs is 1. The Morgan fingerprint density at radius 2 is 2.17 bits per heavy atom. The quantitative estimate of drug-likeness (QED) is 0.874. The van der Waals surface area contributed by atoms with E-state index in [1.165, 1.54) is 0 Å². The fourth-order valence-corrected chi connectivity index (χ4v) is 2.94. The van der Waals surface area contributed by atoms with Crippen LogP contribution in [0.4, 0.5) is 10.6 Å². The van der Waals surface area contributed by atoms with E-state index in [-0.39, 0.29) is 17.6 Å². The Bertz CT molecular complexity index is 718. The summed E-state index contributed by atoms with van der Waals surface area (Å²) < 4.78 is 1.89. The van der Waals surface area contributed by atoms with Crippen molar-refractivity contribution >= 4 is 22.9 Å². The molecular weight excluding hydrogens is 294 g/mol. The first-order valence-electron chi connectivity index (χ1n) is 7.86. The van der Waals surface area contributed by atoms with Crippen molar-refractivity contribution in [1.82, 2.24) is 24.6 Å². The number of carbonyl (C=O) groups is 1.